The molecule has 1 atom stereocenters. The number of carbonyl (C=O) groups excluding carboxylic acids is 1. The lowest BCUT2D eigenvalue weighted by Crippen LogP contribution is -2.42. The van der Waals surface area contributed by atoms with E-state index in [1.54, 1.807) is 29.4 Å². The summed E-state index contributed by atoms with van der Waals surface area (Å²) in [4.78, 5) is 17.7. The summed E-state index contributed by atoms with van der Waals surface area (Å²) in [6.45, 7) is 1.48. The van der Waals surface area contributed by atoms with Gasteiger partial charge in [-0.25, -0.2) is 0 Å². The largest absolute Gasteiger partial charge is 0.467 e. The number of H-pyrrole nitrogens is 1. The van der Waals surface area contributed by atoms with Crippen molar-refractivity contribution in [3.8, 4) is 0 Å². The standard InChI is InChI=1S/C16H14N2O4S/c19-15(10-3-4-11-13(8-10)22-16(23)17-11)18-5-7-21-14(9-18)12-2-1-6-20-12/h1-4,6,8,14H,5,7,9H2,(H,17,23)/t14-/m0/s1. The molecule has 3 heterocycles. The number of morpholine rings is 1. The van der Waals surface area contributed by atoms with Gasteiger partial charge >= 0.3 is 0 Å². The third-order valence-corrected chi connectivity index (χ3v) is 4.07. The van der Waals surface area contributed by atoms with Crippen LogP contribution in [0.3, 0.4) is 0 Å². The summed E-state index contributed by atoms with van der Waals surface area (Å²) in [7, 11) is 0. The van der Waals surface area contributed by atoms with E-state index in [0.29, 0.717) is 35.7 Å². The number of ether oxygens (including phenoxy) is 1. The zero-order valence-electron chi connectivity index (χ0n) is 12.2. The van der Waals surface area contributed by atoms with Crippen LogP contribution in [0, 0.1) is 4.84 Å². The second-order valence-corrected chi connectivity index (χ2v) is 5.72. The number of nitrogens with zero attached hydrogens (tertiary/aromatic N) is 1. The van der Waals surface area contributed by atoms with E-state index >= 15 is 0 Å². The number of furan rings is 1. The van der Waals surface area contributed by atoms with Gasteiger partial charge in [-0.05, 0) is 42.5 Å². The lowest BCUT2D eigenvalue weighted by atomic mass is 10.1. The highest BCUT2D eigenvalue weighted by atomic mass is 32.1. The number of benzene rings is 1. The van der Waals surface area contributed by atoms with Crippen LogP contribution < -0.4 is 0 Å². The summed E-state index contributed by atoms with van der Waals surface area (Å²) < 4.78 is 16.4. The van der Waals surface area contributed by atoms with Gasteiger partial charge in [0.15, 0.2) is 5.58 Å². The number of oxazole rings is 1. The number of carbonyl (C=O) groups is 1. The van der Waals surface area contributed by atoms with Crippen LogP contribution in [0.25, 0.3) is 11.1 Å². The normalized spacial score (nSPS) is 18.4. The third-order valence-electron chi connectivity index (χ3n) is 3.88. The number of hydrogen-bond donors (Lipinski definition) is 1. The molecule has 1 aliphatic rings. The topological polar surface area (TPSA) is 71.6 Å². The SMILES string of the molecule is O=C(c1ccc2[nH]c(=S)oc2c1)N1CCO[C@H](c2ccco2)C1. The van der Waals surface area contributed by atoms with E-state index in [2.05, 4.69) is 4.98 Å². The fraction of sp³-hybridized carbons (Fsp3) is 0.250. The Balaban J connectivity index is 1.58. The van der Waals surface area contributed by atoms with Crippen LogP contribution in [-0.2, 0) is 4.74 Å². The van der Waals surface area contributed by atoms with Gasteiger partial charge in [-0.1, -0.05) is 0 Å². The fourth-order valence-electron chi connectivity index (χ4n) is 2.74. The third kappa shape index (κ3) is 2.69. The molecule has 1 aromatic carbocycles. The van der Waals surface area contributed by atoms with E-state index in [1.165, 1.54) is 0 Å². The average molecular weight is 330 g/mol. The second-order valence-electron chi connectivity index (χ2n) is 5.35. The minimum Gasteiger partial charge on any atom is -0.467 e. The molecule has 2 aromatic heterocycles. The van der Waals surface area contributed by atoms with Crippen molar-refractivity contribution in [1.29, 1.82) is 0 Å². The van der Waals surface area contributed by atoms with E-state index in [0.717, 1.165) is 11.3 Å². The maximum absolute atomic E-state index is 12.7. The monoisotopic (exact) mass is 330 g/mol. The van der Waals surface area contributed by atoms with Gasteiger partial charge in [-0.15, -0.1) is 0 Å². The minimum atomic E-state index is -0.234. The molecule has 4 rings (SSSR count). The Hall–Kier alpha value is -2.38. The van der Waals surface area contributed by atoms with Crippen LogP contribution in [0.4, 0.5) is 0 Å². The van der Waals surface area contributed by atoms with E-state index in [4.69, 9.17) is 25.8 Å². The van der Waals surface area contributed by atoms with Crippen molar-refractivity contribution >= 4 is 29.2 Å². The number of rotatable bonds is 2. The van der Waals surface area contributed by atoms with Crippen LogP contribution in [0.1, 0.15) is 22.2 Å². The lowest BCUT2D eigenvalue weighted by Gasteiger charge is -2.32. The molecule has 1 N–H and O–H groups in total. The number of aromatic nitrogens is 1. The molecule has 0 unspecified atom stereocenters. The van der Waals surface area contributed by atoms with E-state index in [9.17, 15) is 4.79 Å². The molecule has 0 bridgehead atoms. The number of amides is 1. The van der Waals surface area contributed by atoms with Crippen LogP contribution in [0.5, 0.6) is 0 Å². The molecule has 1 saturated heterocycles. The molecular weight excluding hydrogens is 316 g/mol. The van der Waals surface area contributed by atoms with E-state index < -0.39 is 0 Å². The molecule has 6 nitrogen and oxygen atoms in total. The first-order valence-electron chi connectivity index (χ1n) is 7.28. The number of hydrogen-bond acceptors (Lipinski definition) is 5. The van der Waals surface area contributed by atoms with Crippen molar-refractivity contribution in [3.63, 3.8) is 0 Å². The quantitative estimate of drug-likeness (QED) is 0.730. The predicted molar refractivity (Wildman–Crippen MR) is 84.7 cm³/mol. The van der Waals surface area contributed by atoms with Crippen molar-refractivity contribution in [2.45, 2.75) is 6.10 Å². The Morgan fingerprint density at radius 1 is 1.35 bits per heavy atom. The fourth-order valence-corrected chi connectivity index (χ4v) is 2.94. The molecular formula is C16H14N2O4S. The van der Waals surface area contributed by atoms with Crippen LogP contribution in [-0.4, -0.2) is 35.5 Å². The zero-order valence-corrected chi connectivity index (χ0v) is 13.0. The molecule has 0 spiro atoms. The van der Waals surface area contributed by atoms with Crippen molar-refractivity contribution in [3.05, 3.63) is 52.8 Å². The molecule has 1 amide bonds. The predicted octanol–water partition coefficient (Wildman–Crippen LogP) is 3.30. The highest BCUT2D eigenvalue weighted by molar-refractivity contribution is 7.71. The van der Waals surface area contributed by atoms with Crippen LogP contribution in [0.2, 0.25) is 0 Å². The summed E-state index contributed by atoms with van der Waals surface area (Å²) in [5.41, 5.74) is 1.93. The van der Waals surface area contributed by atoms with Crippen molar-refractivity contribution in [2.75, 3.05) is 19.7 Å². The summed E-state index contributed by atoms with van der Waals surface area (Å²) in [5, 5.41) is 0. The molecule has 1 aliphatic heterocycles. The maximum atomic E-state index is 12.7. The van der Waals surface area contributed by atoms with Crippen LogP contribution >= 0.6 is 12.2 Å². The smallest absolute Gasteiger partial charge is 0.266 e. The maximum Gasteiger partial charge on any atom is 0.266 e. The van der Waals surface area contributed by atoms with Gasteiger partial charge in [0.1, 0.15) is 11.9 Å². The minimum absolute atomic E-state index is 0.0610. The Labute approximate surface area is 136 Å². The molecule has 3 aromatic rings. The Bertz CT molecular complexity index is 896. The van der Waals surface area contributed by atoms with Gasteiger partial charge in [-0.3, -0.25) is 4.79 Å². The first-order valence-corrected chi connectivity index (χ1v) is 7.69. The van der Waals surface area contributed by atoms with Gasteiger partial charge in [0.05, 0.1) is 24.9 Å². The number of fused-ring (bicyclic) bond motifs is 1. The zero-order chi connectivity index (χ0) is 15.8. The highest BCUT2D eigenvalue weighted by Crippen LogP contribution is 2.24. The first kappa shape index (κ1) is 14.2. The van der Waals surface area contributed by atoms with Crippen molar-refractivity contribution in [2.24, 2.45) is 0 Å². The average Bonchev–Trinajstić information content (AvgIpc) is 3.22. The highest BCUT2D eigenvalue weighted by Gasteiger charge is 2.27. The molecule has 23 heavy (non-hydrogen) atoms. The van der Waals surface area contributed by atoms with Gasteiger partial charge in [0, 0.05) is 12.1 Å². The van der Waals surface area contributed by atoms with Crippen molar-refractivity contribution < 1.29 is 18.4 Å². The molecule has 0 aliphatic carbocycles. The Morgan fingerprint density at radius 2 is 2.26 bits per heavy atom. The molecule has 1 fully saturated rings. The van der Waals surface area contributed by atoms with Gasteiger partial charge < -0.3 is 23.5 Å². The lowest BCUT2D eigenvalue weighted by molar-refractivity contribution is -0.0321. The van der Waals surface area contributed by atoms with E-state index in [-0.39, 0.29) is 12.0 Å². The first-order chi connectivity index (χ1) is 11.2. The van der Waals surface area contributed by atoms with Gasteiger partial charge in [0.2, 0.25) is 0 Å². The van der Waals surface area contributed by atoms with Gasteiger partial charge in [-0.2, -0.15) is 0 Å². The molecule has 118 valence electrons. The number of aromatic amines is 1. The van der Waals surface area contributed by atoms with Crippen LogP contribution in [0.15, 0.2) is 45.4 Å². The summed E-state index contributed by atoms with van der Waals surface area (Å²) >= 11 is 4.96. The molecule has 0 radical (unpaired) electrons. The summed E-state index contributed by atoms with van der Waals surface area (Å²) in [6.07, 6.45) is 1.37. The second kappa shape index (κ2) is 5.68. The molecule has 7 heteroatoms. The Morgan fingerprint density at radius 3 is 3.09 bits per heavy atom. The summed E-state index contributed by atoms with van der Waals surface area (Å²) in [5.74, 6) is 0.670. The van der Waals surface area contributed by atoms with Gasteiger partial charge in [0.25, 0.3) is 10.7 Å². The van der Waals surface area contributed by atoms with E-state index in [1.807, 2.05) is 12.1 Å². The Kier molecular flexibility index (Phi) is 3.51. The number of nitrogens with one attached hydrogen (secondary N) is 1. The van der Waals surface area contributed by atoms with Crippen molar-refractivity contribution in [1.82, 2.24) is 9.88 Å². The molecule has 0 saturated carbocycles. The summed E-state index contributed by atoms with van der Waals surface area (Å²) in [6, 6.07) is 8.94.